The summed E-state index contributed by atoms with van der Waals surface area (Å²) in [6.07, 6.45) is 0. The molecule has 0 fully saturated rings. The Hall–Kier alpha value is -1.88. The standard InChI is InChI=1S/C13H16ClN3O2/c1-7-16-11(13(15)17(7)2)8-5-6-9(18-3)12(19-4)10(8)14/h5-6H,15H2,1-4H3. The lowest BCUT2D eigenvalue weighted by molar-refractivity contribution is 0.355. The molecule has 19 heavy (non-hydrogen) atoms. The molecule has 0 saturated heterocycles. The number of rotatable bonds is 3. The SMILES string of the molecule is COc1ccc(-c2nc(C)n(C)c2N)c(Cl)c1OC. The fourth-order valence-corrected chi connectivity index (χ4v) is 2.22. The van der Waals surface area contributed by atoms with Crippen LogP contribution in [-0.2, 0) is 7.05 Å². The zero-order valence-corrected chi connectivity index (χ0v) is 12.1. The first kappa shape index (κ1) is 13.5. The number of nitrogens with zero attached hydrogens (tertiary/aromatic N) is 2. The van der Waals surface area contributed by atoms with Gasteiger partial charge in [0.25, 0.3) is 0 Å². The molecule has 1 aromatic carbocycles. The summed E-state index contributed by atoms with van der Waals surface area (Å²) in [5.74, 6) is 2.43. The molecule has 6 heteroatoms. The van der Waals surface area contributed by atoms with Gasteiger partial charge in [0.1, 0.15) is 17.3 Å². The Morgan fingerprint density at radius 1 is 1.26 bits per heavy atom. The van der Waals surface area contributed by atoms with Gasteiger partial charge in [-0.05, 0) is 19.1 Å². The Bertz CT molecular complexity index is 623. The molecule has 0 spiro atoms. The molecule has 0 atom stereocenters. The quantitative estimate of drug-likeness (QED) is 0.939. The number of halogens is 1. The predicted octanol–water partition coefficient (Wildman–Crippen LogP) is 2.65. The largest absolute Gasteiger partial charge is 0.493 e. The lowest BCUT2D eigenvalue weighted by atomic mass is 10.1. The zero-order chi connectivity index (χ0) is 14.2. The average Bonchev–Trinajstić information content (AvgIpc) is 2.66. The van der Waals surface area contributed by atoms with Crippen LogP contribution in [0, 0.1) is 6.92 Å². The van der Waals surface area contributed by atoms with E-state index in [1.54, 1.807) is 20.3 Å². The van der Waals surface area contributed by atoms with E-state index < -0.39 is 0 Å². The second-order valence-electron chi connectivity index (χ2n) is 4.11. The molecule has 5 nitrogen and oxygen atoms in total. The summed E-state index contributed by atoms with van der Waals surface area (Å²) in [6, 6.07) is 3.60. The highest BCUT2D eigenvalue weighted by molar-refractivity contribution is 6.35. The Kier molecular flexibility index (Phi) is 3.57. The fourth-order valence-electron chi connectivity index (χ4n) is 1.90. The highest BCUT2D eigenvalue weighted by Gasteiger charge is 2.19. The van der Waals surface area contributed by atoms with Crippen LogP contribution in [0.2, 0.25) is 5.02 Å². The summed E-state index contributed by atoms with van der Waals surface area (Å²) in [5.41, 5.74) is 7.40. The van der Waals surface area contributed by atoms with Gasteiger partial charge in [-0.3, -0.25) is 0 Å². The van der Waals surface area contributed by atoms with E-state index >= 15 is 0 Å². The number of aryl methyl sites for hydroxylation is 1. The van der Waals surface area contributed by atoms with E-state index in [-0.39, 0.29) is 0 Å². The van der Waals surface area contributed by atoms with Gasteiger partial charge in [-0.25, -0.2) is 4.98 Å². The zero-order valence-electron chi connectivity index (χ0n) is 11.3. The van der Waals surface area contributed by atoms with E-state index in [0.29, 0.717) is 28.0 Å². The molecule has 0 bridgehead atoms. The Labute approximate surface area is 116 Å². The van der Waals surface area contributed by atoms with Crippen LogP contribution in [0.4, 0.5) is 5.82 Å². The third-order valence-corrected chi connectivity index (χ3v) is 3.48. The maximum Gasteiger partial charge on any atom is 0.180 e. The number of methoxy groups -OCH3 is 2. The van der Waals surface area contributed by atoms with E-state index in [1.165, 1.54) is 0 Å². The maximum absolute atomic E-state index is 6.35. The van der Waals surface area contributed by atoms with E-state index in [9.17, 15) is 0 Å². The minimum atomic E-state index is 0.437. The monoisotopic (exact) mass is 281 g/mol. The summed E-state index contributed by atoms with van der Waals surface area (Å²) >= 11 is 6.35. The number of benzene rings is 1. The van der Waals surface area contributed by atoms with Crippen molar-refractivity contribution in [3.63, 3.8) is 0 Å². The molecule has 0 aliphatic carbocycles. The van der Waals surface area contributed by atoms with Crippen LogP contribution in [0.1, 0.15) is 5.82 Å². The van der Waals surface area contributed by atoms with Crippen molar-refractivity contribution in [3.05, 3.63) is 23.0 Å². The normalized spacial score (nSPS) is 10.6. The summed E-state index contributed by atoms with van der Waals surface area (Å²) in [7, 11) is 4.96. The first-order chi connectivity index (χ1) is 9.01. The highest BCUT2D eigenvalue weighted by atomic mass is 35.5. The molecule has 0 aliphatic heterocycles. The minimum absolute atomic E-state index is 0.437. The van der Waals surface area contributed by atoms with E-state index in [0.717, 1.165) is 11.4 Å². The fraction of sp³-hybridized carbons (Fsp3) is 0.308. The van der Waals surface area contributed by atoms with Crippen LogP contribution in [0.5, 0.6) is 11.5 Å². The number of ether oxygens (including phenoxy) is 2. The first-order valence-electron chi connectivity index (χ1n) is 5.70. The molecule has 0 amide bonds. The number of aromatic nitrogens is 2. The minimum Gasteiger partial charge on any atom is -0.493 e. The van der Waals surface area contributed by atoms with Crippen LogP contribution >= 0.6 is 11.6 Å². The van der Waals surface area contributed by atoms with Crippen LogP contribution in [0.3, 0.4) is 0 Å². The second kappa shape index (κ2) is 5.01. The van der Waals surface area contributed by atoms with Crippen LogP contribution in [-0.4, -0.2) is 23.8 Å². The lowest BCUT2D eigenvalue weighted by Gasteiger charge is -2.12. The van der Waals surface area contributed by atoms with Crippen molar-refractivity contribution in [2.75, 3.05) is 20.0 Å². The van der Waals surface area contributed by atoms with Gasteiger partial charge in [-0.1, -0.05) is 11.6 Å². The van der Waals surface area contributed by atoms with Crippen molar-refractivity contribution in [2.24, 2.45) is 7.05 Å². The molecule has 2 aromatic rings. The molecule has 1 heterocycles. The number of hydrogen-bond acceptors (Lipinski definition) is 4. The van der Waals surface area contributed by atoms with Gasteiger partial charge in [0, 0.05) is 12.6 Å². The van der Waals surface area contributed by atoms with Gasteiger partial charge >= 0.3 is 0 Å². The van der Waals surface area contributed by atoms with Crippen molar-refractivity contribution < 1.29 is 9.47 Å². The Balaban J connectivity index is 2.66. The highest BCUT2D eigenvalue weighted by Crippen LogP contribution is 2.42. The van der Waals surface area contributed by atoms with Gasteiger partial charge in [0.15, 0.2) is 11.5 Å². The molecule has 2 rings (SSSR count). The van der Waals surface area contributed by atoms with E-state index in [2.05, 4.69) is 4.98 Å². The Morgan fingerprint density at radius 3 is 2.42 bits per heavy atom. The number of anilines is 1. The third kappa shape index (κ3) is 2.10. The molecule has 0 unspecified atom stereocenters. The van der Waals surface area contributed by atoms with Gasteiger partial charge in [-0.2, -0.15) is 0 Å². The van der Waals surface area contributed by atoms with Crippen molar-refractivity contribution >= 4 is 17.4 Å². The number of nitrogen functional groups attached to an aromatic ring is 1. The summed E-state index contributed by atoms with van der Waals surface area (Å²) < 4.78 is 12.3. The van der Waals surface area contributed by atoms with Crippen molar-refractivity contribution in [1.82, 2.24) is 9.55 Å². The molecular formula is C13H16ClN3O2. The number of nitrogens with two attached hydrogens (primary N) is 1. The number of hydrogen-bond donors (Lipinski definition) is 1. The summed E-state index contributed by atoms with van der Waals surface area (Å²) in [6.45, 7) is 1.88. The summed E-state index contributed by atoms with van der Waals surface area (Å²) in [5, 5.41) is 0.437. The molecule has 0 radical (unpaired) electrons. The van der Waals surface area contributed by atoms with Gasteiger partial charge in [0.2, 0.25) is 0 Å². The molecule has 1 aromatic heterocycles. The molecule has 2 N–H and O–H groups in total. The van der Waals surface area contributed by atoms with Crippen LogP contribution < -0.4 is 15.2 Å². The maximum atomic E-state index is 6.35. The molecule has 102 valence electrons. The van der Waals surface area contributed by atoms with Crippen LogP contribution in [0.15, 0.2) is 12.1 Å². The third-order valence-electron chi connectivity index (χ3n) is 3.10. The van der Waals surface area contributed by atoms with Crippen LogP contribution in [0.25, 0.3) is 11.3 Å². The van der Waals surface area contributed by atoms with Crippen molar-refractivity contribution in [2.45, 2.75) is 6.92 Å². The van der Waals surface area contributed by atoms with E-state index in [4.69, 9.17) is 26.8 Å². The Morgan fingerprint density at radius 2 is 1.95 bits per heavy atom. The van der Waals surface area contributed by atoms with Gasteiger partial charge < -0.3 is 19.8 Å². The van der Waals surface area contributed by atoms with Crippen molar-refractivity contribution in [1.29, 1.82) is 0 Å². The molecular weight excluding hydrogens is 266 g/mol. The average molecular weight is 282 g/mol. The van der Waals surface area contributed by atoms with Crippen molar-refractivity contribution in [3.8, 4) is 22.8 Å². The first-order valence-corrected chi connectivity index (χ1v) is 6.08. The molecule has 0 aliphatic rings. The second-order valence-corrected chi connectivity index (χ2v) is 4.49. The lowest BCUT2D eigenvalue weighted by Crippen LogP contribution is -1.99. The smallest absolute Gasteiger partial charge is 0.180 e. The van der Waals surface area contributed by atoms with Gasteiger partial charge in [0.05, 0.1) is 19.2 Å². The summed E-state index contributed by atoms with van der Waals surface area (Å²) in [4.78, 5) is 4.43. The predicted molar refractivity (Wildman–Crippen MR) is 75.9 cm³/mol. The number of imidazole rings is 1. The van der Waals surface area contributed by atoms with Gasteiger partial charge in [-0.15, -0.1) is 0 Å². The van der Waals surface area contributed by atoms with E-state index in [1.807, 2.05) is 24.6 Å². The topological polar surface area (TPSA) is 62.3 Å². The molecule has 0 saturated carbocycles.